The normalized spacial score (nSPS) is 12.1. The predicted molar refractivity (Wildman–Crippen MR) is 110 cm³/mol. The third-order valence-electron chi connectivity index (χ3n) is 5.56. The van der Waals surface area contributed by atoms with E-state index < -0.39 is 5.97 Å². The molecule has 1 aromatic heterocycles. The molecule has 2 heterocycles. The molecule has 1 aliphatic rings. The molecule has 0 unspecified atom stereocenters. The molecule has 4 rings (SSSR count). The Morgan fingerprint density at radius 2 is 1.76 bits per heavy atom. The molecule has 1 N–H and O–H groups in total. The topological polar surface area (TPSA) is 69.9 Å². The Kier molecular flexibility index (Phi) is 4.70. The molecular weight excluding hydrogens is 370 g/mol. The molecule has 0 atom stereocenters. The van der Waals surface area contributed by atoms with Gasteiger partial charge in [0.2, 0.25) is 0 Å². The van der Waals surface area contributed by atoms with Crippen molar-refractivity contribution in [3.63, 3.8) is 0 Å². The van der Waals surface area contributed by atoms with Gasteiger partial charge in [0, 0.05) is 23.4 Å². The van der Waals surface area contributed by atoms with Crippen LogP contribution in [-0.2, 0) is 13.0 Å². The number of nitrogens with zero attached hydrogens (tertiary/aromatic N) is 1. The number of hydrogen-bond donors (Lipinski definition) is 1. The van der Waals surface area contributed by atoms with Gasteiger partial charge in [-0.05, 0) is 48.7 Å². The number of ether oxygens (including phenoxy) is 3. The molecule has 3 aromatic rings. The molecule has 150 valence electrons. The first-order valence-corrected chi connectivity index (χ1v) is 9.36. The minimum absolute atomic E-state index is 0.295. The van der Waals surface area contributed by atoms with E-state index in [-0.39, 0.29) is 0 Å². The number of methoxy groups -OCH3 is 3. The molecule has 0 amide bonds. The van der Waals surface area contributed by atoms with Gasteiger partial charge in [-0.25, -0.2) is 4.79 Å². The lowest BCUT2D eigenvalue weighted by Crippen LogP contribution is -2.14. The van der Waals surface area contributed by atoms with Crippen molar-refractivity contribution in [3.8, 4) is 39.6 Å². The number of carboxylic acid groups (broad SMARTS) is 1. The quantitative estimate of drug-likeness (QED) is 0.695. The van der Waals surface area contributed by atoms with E-state index in [0.29, 0.717) is 40.6 Å². The van der Waals surface area contributed by atoms with Gasteiger partial charge in [-0.3, -0.25) is 0 Å². The summed E-state index contributed by atoms with van der Waals surface area (Å²) in [6.45, 7) is 2.67. The molecule has 2 aromatic carbocycles. The Morgan fingerprint density at radius 1 is 1.03 bits per heavy atom. The van der Waals surface area contributed by atoms with Crippen molar-refractivity contribution in [1.82, 2.24) is 4.57 Å². The molecule has 6 nitrogen and oxygen atoms in total. The third-order valence-corrected chi connectivity index (χ3v) is 5.56. The summed E-state index contributed by atoms with van der Waals surface area (Å²) in [5.41, 5.74) is 5.37. The van der Waals surface area contributed by atoms with E-state index in [1.165, 1.54) is 0 Å². The number of carboxylic acids is 1. The Morgan fingerprint density at radius 3 is 2.41 bits per heavy atom. The van der Waals surface area contributed by atoms with Gasteiger partial charge in [-0.1, -0.05) is 12.1 Å². The van der Waals surface area contributed by atoms with Crippen LogP contribution in [0.25, 0.3) is 22.4 Å². The number of rotatable bonds is 5. The zero-order valence-corrected chi connectivity index (χ0v) is 16.9. The maximum absolute atomic E-state index is 12.4. The highest BCUT2D eigenvalue weighted by atomic mass is 16.5. The summed E-state index contributed by atoms with van der Waals surface area (Å²) in [4.78, 5) is 12.4. The van der Waals surface area contributed by atoms with E-state index >= 15 is 0 Å². The summed E-state index contributed by atoms with van der Waals surface area (Å²) in [6.07, 6.45) is 0.787. The fraction of sp³-hybridized carbons (Fsp3) is 0.261. The highest BCUT2D eigenvalue weighted by Gasteiger charge is 2.31. The molecule has 0 radical (unpaired) electrons. The van der Waals surface area contributed by atoms with Gasteiger partial charge in [0.05, 0.1) is 32.6 Å². The minimum Gasteiger partial charge on any atom is -0.497 e. The SMILES string of the molecule is COc1cccc(-c2c(C(=O)O)c3n(c2C)CCc2cc(OC)c(OC)cc2-3)c1. The van der Waals surface area contributed by atoms with Gasteiger partial charge in [-0.15, -0.1) is 0 Å². The number of fused-ring (bicyclic) bond motifs is 3. The van der Waals surface area contributed by atoms with E-state index in [0.717, 1.165) is 28.8 Å². The summed E-state index contributed by atoms with van der Waals surface area (Å²) in [5, 5.41) is 10.2. The molecule has 0 bridgehead atoms. The molecule has 1 aliphatic heterocycles. The Balaban J connectivity index is 2.03. The Labute approximate surface area is 169 Å². The number of carbonyl (C=O) groups is 1. The zero-order chi connectivity index (χ0) is 20.7. The number of hydrogen-bond acceptors (Lipinski definition) is 4. The van der Waals surface area contributed by atoms with Crippen LogP contribution in [0.4, 0.5) is 0 Å². The van der Waals surface area contributed by atoms with E-state index in [2.05, 4.69) is 4.57 Å². The predicted octanol–water partition coefficient (Wildman–Crippen LogP) is 4.41. The van der Waals surface area contributed by atoms with Gasteiger partial charge in [0.15, 0.2) is 11.5 Å². The molecule has 0 saturated heterocycles. The number of aromatic carboxylic acids is 1. The maximum Gasteiger partial charge on any atom is 0.338 e. The Bertz CT molecular complexity index is 1110. The van der Waals surface area contributed by atoms with E-state index in [9.17, 15) is 9.90 Å². The largest absolute Gasteiger partial charge is 0.497 e. The van der Waals surface area contributed by atoms with E-state index in [1.54, 1.807) is 21.3 Å². The van der Waals surface area contributed by atoms with Crippen LogP contribution in [0, 0.1) is 6.92 Å². The molecule has 0 spiro atoms. The summed E-state index contributed by atoms with van der Waals surface area (Å²) >= 11 is 0. The fourth-order valence-electron chi connectivity index (χ4n) is 4.22. The highest BCUT2D eigenvalue weighted by Crippen LogP contribution is 2.45. The van der Waals surface area contributed by atoms with E-state index in [1.807, 2.05) is 43.3 Å². The van der Waals surface area contributed by atoms with Crippen LogP contribution in [0.5, 0.6) is 17.2 Å². The Hall–Kier alpha value is -3.41. The van der Waals surface area contributed by atoms with Crippen molar-refractivity contribution in [2.75, 3.05) is 21.3 Å². The molecular formula is C23H23NO5. The van der Waals surface area contributed by atoms with Crippen LogP contribution in [0.3, 0.4) is 0 Å². The van der Waals surface area contributed by atoms with Gasteiger partial charge < -0.3 is 23.9 Å². The maximum atomic E-state index is 12.4. The highest BCUT2D eigenvalue weighted by molar-refractivity contribution is 6.04. The van der Waals surface area contributed by atoms with Crippen LogP contribution >= 0.6 is 0 Å². The summed E-state index contributed by atoms with van der Waals surface area (Å²) in [6, 6.07) is 11.3. The zero-order valence-electron chi connectivity index (χ0n) is 16.9. The lowest BCUT2D eigenvalue weighted by molar-refractivity contribution is 0.0698. The van der Waals surface area contributed by atoms with Crippen LogP contribution < -0.4 is 14.2 Å². The first kappa shape index (κ1) is 18.9. The first-order chi connectivity index (χ1) is 14.0. The van der Waals surface area contributed by atoms with Crippen LogP contribution in [-0.4, -0.2) is 37.0 Å². The van der Waals surface area contributed by atoms with Crippen LogP contribution in [0.1, 0.15) is 21.6 Å². The fourth-order valence-corrected chi connectivity index (χ4v) is 4.22. The van der Waals surface area contributed by atoms with Gasteiger partial charge in [-0.2, -0.15) is 0 Å². The molecule has 29 heavy (non-hydrogen) atoms. The van der Waals surface area contributed by atoms with Crippen LogP contribution in [0.2, 0.25) is 0 Å². The molecule has 0 saturated carbocycles. The second kappa shape index (κ2) is 7.20. The number of aryl methyl sites for hydroxylation is 1. The van der Waals surface area contributed by atoms with Gasteiger partial charge in [0.25, 0.3) is 0 Å². The van der Waals surface area contributed by atoms with Crippen LogP contribution in [0.15, 0.2) is 36.4 Å². The average molecular weight is 393 g/mol. The molecule has 0 aliphatic carbocycles. The van der Waals surface area contributed by atoms with Crippen molar-refractivity contribution >= 4 is 5.97 Å². The van der Waals surface area contributed by atoms with Gasteiger partial charge >= 0.3 is 5.97 Å². The van der Waals surface area contributed by atoms with Crippen molar-refractivity contribution in [2.45, 2.75) is 19.9 Å². The number of aromatic nitrogens is 1. The van der Waals surface area contributed by atoms with Crippen molar-refractivity contribution in [3.05, 3.63) is 53.2 Å². The lowest BCUT2D eigenvalue weighted by Gasteiger charge is -2.23. The second-order valence-corrected chi connectivity index (χ2v) is 6.99. The van der Waals surface area contributed by atoms with Gasteiger partial charge in [0.1, 0.15) is 5.75 Å². The monoisotopic (exact) mass is 393 g/mol. The molecule has 6 heteroatoms. The molecule has 0 fully saturated rings. The van der Waals surface area contributed by atoms with Crippen molar-refractivity contribution < 1.29 is 24.1 Å². The average Bonchev–Trinajstić information content (AvgIpc) is 3.05. The summed E-state index contributed by atoms with van der Waals surface area (Å²) in [7, 11) is 4.78. The summed E-state index contributed by atoms with van der Waals surface area (Å²) < 4.78 is 18.3. The first-order valence-electron chi connectivity index (χ1n) is 9.36. The minimum atomic E-state index is -0.956. The second-order valence-electron chi connectivity index (χ2n) is 6.99. The third kappa shape index (κ3) is 2.92. The smallest absolute Gasteiger partial charge is 0.338 e. The van der Waals surface area contributed by atoms with Crippen molar-refractivity contribution in [2.24, 2.45) is 0 Å². The van der Waals surface area contributed by atoms with E-state index in [4.69, 9.17) is 14.2 Å². The number of benzene rings is 2. The standard InChI is InChI=1S/C23H23NO5/c1-13-20(15-6-5-7-16(10-15)27-2)21(23(25)26)22-17-12-19(29-4)18(28-3)11-14(17)8-9-24(13)22/h5-7,10-12H,8-9H2,1-4H3,(H,25,26). The summed E-state index contributed by atoms with van der Waals surface area (Å²) in [5.74, 6) is 0.960. The lowest BCUT2D eigenvalue weighted by atomic mass is 9.93. The van der Waals surface area contributed by atoms with Crippen molar-refractivity contribution in [1.29, 1.82) is 0 Å².